The van der Waals surface area contributed by atoms with E-state index in [1.54, 1.807) is 11.3 Å². The van der Waals surface area contributed by atoms with Crippen LogP contribution in [0.3, 0.4) is 0 Å². The zero-order chi connectivity index (χ0) is 12.5. The second kappa shape index (κ2) is 4.86. The molecule has 0 radical (unpaired) electrons. The first-order valence-corrected chi connectivity index (χ1v) is 7.44. The number of hydrogen-bond donors (Lipinski definition) is 1. The molecule has 0 spiro atoms. The highest BCUT2D eigenvalue weighted by atomic mass is 32.1. The van der Waals surface area contributed by atoms with Crippen molar-refractivity contribution in [3.8, 4) is 0 Å². The molecule has 2 atom stereocenters. The van der Waals surface area contributed by atoms with Gasteiger partial charge in [-0.1, -0.05) is 0 Å². The van der Waals surface area contributed by atoms with Gasteiger partial charge < -0.3 is 5.32 Å². The highest BCUT2D eigenvalue weighted by Crippen LogP contribution is 2.35. The van der Waals surface area contributed by atoms with Gasteiger partial charge in [0.15, 0.2) is 0 Å². The lowest BCUT2D eigenvalue weighted by atomic mass is 9.85. The SMILES string of the molecule is Cc1nn(C)cc1C1CC(c2ccsc2)CCN1. The van der Waals surface area contributed by atoms with E-state index in [1.807, 2.05) is 11.7 Å². The average Bonchev–Trinajstić information content (AvgIpc) is 2.99. The fourth-order valence-electron chi connectivity index (χ4n) is 2.92. The minimum Gasteiger partial charge on any atom is -0.310 e. The normalized spacial score (nSPS) is 24.3. The fraction of sp³-hybridized carbons (Fsp3) is 0.500. The minimum absolute atomic E-state index is 0.456. The van der Waals surface area contributed by atoms with E-state index >= 15 is 0 Å². The third-order valence-electron chi connectivity index (χ3n) is 3.85. The summed E-state index contributed by atoms with van der Waals surface area (Å²) in [5.41, 5.74) is 4.02. The van der Waals surface area contributed by atoms with Gasteiger partial charge >= 0.3 is 0 Å². The van der Waals surface area contributed by atoms with Crippen molar-refractivity contribution in [3.05, 3.63) is 39.8 Å². The fourth-order valence-corrected chi connectivity index (χ4v) is 3.67. The maximum absolute atomic E-state index is 4.45. The summed E-state index contributed by atoms with van der Waals surface area (Å²) in [7, 11) is 2.00. The standard InChI is InChI=1S/C14H19N3S/c1-10-13(8-17(2)16-10)14-7-11(3-5-15-14)12-4-6-18-9-12/h4,6,8-9,11,14-15H,3,5,7H2,1-2H3. The summed E-state index contributed by atoms with van der Waals surface area (Å²) in [6, 6.07) is 2.73. The van der Waals surface area contributed by atoms with Gasteiger partial charge in [0.05, 0.1) is 5.69 Å². The van der Waals surface area contributed by atoms with Crippen molar-refractivity contribution < 1.29 is 0 Å². The maximum atomic E-state index is 4.45. The predicted octanol–water partition coefficient (Wildman–Crippen LogP) is 3.00. The van der Waals surface area contributed by atoms with E-state index in [2.05, 4.69) is 40.4 Å². The van der Waals surface area contributed by atoms with E-state index in [4.69, 9.17) is 0 Å². The number of nitrogens with zero attached hydrogens (tertiary/aromatic N) is 2. The van der Waals surface area contributed by atoms with Crippen LogP contribution in [-0.2, 0) is 7.05 Å². The van der Waals surface area contributed by atoms with Crippen LogP contribution in [-0.4, -0.2) is 16.3 Å². The number of aryl methyl sites for hydroxylation is 2. The molecule has 18 heavy (non-hydrogen) atoms. The third-order valence-corrected chi connectivity index (χ3v) is 4.55. The van der Waals surface area contributed by atoms with Crippen LogP contribution in [0.5, 0.6) is 0 Å². The van der Waals surface area contributed by atoms with E-state index in [0.717, 1.165) is 12.2 Å². The Bertz CT molecular complexity index is 515. The van der Waals surface area contributed by atoms with Gasteiger partial charge in [-0.3, -0.25) is 4.68 Å². The molecule has 1 aliphatic rings. The summed E-state index contributed by atoms with van der Waals surface area (Å²) in [4.78, 5) is 0. The van der Waals surface area contributed by atoms with Crippen LogP contribution >= 0.6 is 11.3 Å². The molecule has 4 heteroatoms. The molecule has 1 saturated heterocycles. The predicted molar refractivity (Wildman–Crippen MR) is 75.0 cm³/mol. The molecule has 0 bridgehead atoms. The Kier molecular flexibility index (Phi) is 3.22. The molecule has 2 aromatic rings. The molecule has 1 aliphatic heterocycles. The number of rotatable bonds is 2. The average molecular weight is 261 g/mol. The van der Waals surface area contributed by atoms with E-state index in [9.17, 15) is 0 Å². The second-order valence-electron chi connectivity index (χ2n) is 5.13. The van der Waals surface area contributed by atoms with Crippen molar-refractivity contribution in [2.45, 2.75) is 31.7 Å². The van der Waals surface area contributed by atoms with Gasteiger partial charge in [0, 0.05) is 24.8 Å². The lowest BCUT2D eigenvalue weighted by molar-refractivity contribution is 0.369. The Balaban J connectivity index is 1.80. The highest BCUT2D eigenvalue weighted by molar-refractivity contribution is 7.07. The van der Waals surface area contributed by atoms with Crippen molar-refractivity contribution in [2.24, 2.45) is 7.05 Å². The first-order valence-electron chi connectivity index (χ1n) is 6.49. The maximum Gasteiger partial charge on any atom is 0.0641 e. The van der Waals surface area contributed by atoms with Crippen molar-refractivity contribution in [2.75, 3.05) is 6.54 Å². The molecule has 2 aromatic heterocycles. The van der Waals surface area contributed by atoms with Crippen LogP contribution in [0.2, 0.25) is 0 Å². The summed E-state index contributed by atoms with van der Waals surface area (Å²) in [5, 5.41) is 12.6. The molecule has 2 unspecified atom stereocenters. The van der Waals surface area contributed by atoms with Crippen molar-refractivity contribution in [1.82, 2.24) is 15.1 Å². The Labute approximate surface area is 112 Å². The molecule has 0 amide bonds. The van der Waals surface area contributed by atoms with Crippen LogP contribution in [0.15, 0.2) is 23.0 Å². The summed E-state index contributed by atoms with van der Waals surface area (Å²) in [5.74, 6) is 0.696. The Morgan fingerprint density at radius 1 is 1.50 bits per heavy atom. The van der Waals surface area contributed by atoms with Crippen molar-refractivity contribution >= 4 is 11.3 Å². The van der Waals surface area contributed by atoms with Crippen LogP contribution in [0.25, 0.3) is 0 Å². The minimum atomic E-state index is 0.456. The first kappa shape index (κ1) is 11.9. The summed E-state index contributed by atoms with van der Waals surface area (Å²) >= 11 is 1.80. The quantitative estimate of drug-likeness (QED) is 0.900. The molecule has 0 aromatic carbocycles. The number of piperidine rings is 1. The van der Waals surface area contributed by atoms with Gasteiger partial charge in [-0.2, -0.15) is 16.4 Å². The van der Waals surface area contributed by atoms with E-state index < -0.39 is 0 Å². The summed E-state index contributed by atoms with van der Waals surface area (Å²) in [6.07, 6.45) is 4.58. The Hall–Kier alpha value is -1.13. The molecule has 0 aliphatic carbocycles. The van der Waals surface area contributed by atoms with Crippen LogP contribution in [0.1, 0.15) is 41.6 Å². The number of thiophene rings is 1. The van der Waals surface area contributed by atoms with Gasteiger partial charge in [0.25, 0.3) is 0 Å². The highest BCUT2D eigenvalue weighted by Gasteiger charge is 2.26. The molecular formula is C14H19N3S. The Morgan fingerprint density at radius 2 is 2.39 bits per heavy atom. The second-order valence-corrected chi connectivity index (χ2v) is 5.91. The van der Waals surface area contributed by atoms with Gasteiger partial charge in [0.1, 0.15) is 0 Å². The van der Waals surface area contributed by atoms with Gasteiger partial charge in [-0.15, -0.1) is 0 Å². The lowest BCUT2D eigenvalue weighted by Gasteiger charge is -2.30. The molecule has 3 nitrogen and oxygen atoms in total. The smallest absolute Gasteiger partial charge is 0.0641 e. The van der Waals surface area contributed by atoms with Crippen LogP contribution in [0, 0.1) is 6.92 Å². The van der Waals surface area contributed by atoms with Crippen molar-refractivity contribution in [1.29, 1.82) is 0 Å². The molecule has 96 valence electrons. The van der Waals surface area contributed by atoms with Crippen molar-refractivity contribution in [3.63, 3.8) is 0 Å². The first-order chi connectivity index (χ1) is 8.74. The number of aromatic nitrogens is 2. The molecule has 0 saturated carbocycles. The van der Waals surface area contributed by atoms with Gasteiger partial charge in [0.2, 0.25) is 0 Å². The van der Waals surface area contributed by atoms with E-state index in [-0.39, 0.29) is 0 Å². The topological polar surface area (TPSA) is 29.9 Å². The summed E-state index contributed by atoms with van der Waals surface area (Å²) in [6.45, 7) is 3.20. The van der Waals surface area contributed by atoms with Gasteiger partial charge in [-0.25, -0.2) is 0 Å². The molecule has 1 N–H and O–H groups in total. The summed E-state index contributed by atoms with van der Waals surface area (Å²) < 4.78 is 1.92. The van der Waals surface area contributed by atoms with E-state index in [1.165, 1.54) is 24.0 Å². The van der Waals surface area contributed by atoms with Gasteiger partial charge in [-0.05, 0) is 54.6 Å². The monoisotopic (exact) mass is 261 g/mol. The van der Waals surface area contributed by atoms with Crippen LogP contribution in [0.4, 0.5) is 0 Å². The molecule has 1 fully saturated rings. The van der Waals surface area contributed by atoms with E-state index in [0.29, 0.717) is 12.0 Å². The third kappa shape index (κ3) is 2.22. The molecular weight excluding hydrogens is 242 g/mol. The van der Waals surface area contributed by atoms with Crippen LogP contribution < -0.4 is 5.32 Å². The zero-order valence-corrected chi connectivity index (χ0v) is 11.7. The molecule has 3 rings (SSSR count). The largest absolute Gasteiger partial charge is 0.310 e. The molecule has 3 heterocycles. The number of nitrogens with one attached hydrogen (secondary N) is 1. The number of hydrogen-bond acceptors (Lipinski definition) is 3. The zero-order valence-electron chi connectivity index (χ0n) is 10.9. The lowest BCUT2D eigenvalue weighted by Crippen LogP contribution is -2.31. The Morgan fingerprint density at radius 3 is 3.06 bits per heavy atom.